The largest absolute Gasteiger partial charge is 0.316 e. The molecular formula is C19H20Br2N+. The third kappa shape index (κ3) is 2.44. The van der Waals surface area contributed by atoms with Gasteiger partial charge in [-0.15, -0.1) is 12.8 Å². The van der Waals surface area contributed by atoms with E-state index in [9.17, 15) is 0 Å². The highest BCUT2D eigenvalue weighted by atomic mass is 79.9. The Morgan fingerprint density at radius 2 is 1.27 bits per heavy atom. The van der Waals surface area contributed by atoms with Gasteiger partial charge in [0.25, 0.3) is 0 Å². The zero-order chi connectivity index (χ0) is 15.7. The number of hydrogen-bond acceptors (Lipinski definition) is 0. The average molecular weight is 422 g/mol. The lowest BCUT2D eigenvalue weighted by atomic mass is 9.89. The van der Waals surface area contributed by atoms with E-state index in [1.54, 1.807) is 0 Å². The van der Waals surface area contributed by atoms with Gasteiger partial charge in [-0.3, -0.25) is 0 Å². The molecule has 1 aromatic rings. The van der Waals surface area contributed by atoms with Gasteiger partial charge >= 0.3 is 0 Å². The van der Waals surface area contributed by atoms with Gasteiger partial charge in [0, 0.05) is 32.9 Å². The predicted molar refractivity (Wildman–Crippen MR) is 98.8 cm³/mol. The number of rotatable bonds is 2. The third-order valence-corrected chi connectivity index (χ3v) is 6.37. The normalized spacial score (nSPS) is 18.7. The molecule has 1 spiro atoms. The Morgan fingerprint density at radius 1 is 0.818 bits per heavy atom. The molecule has 0 unspecified atom stereocenters. The minimum atomic E-state index is 0.759. The molecule has 114 valence electrons. The molecule has 0 saturated carbocycles. The van der Waals surface area contributed by atoms with Crippen molar-refractivity contribution in [3.05, 3.63) is 33.4 Å². The van der Waals surface area contributed by atoms with Crippen LogP contribution in [0.4, 0.5) is 0 Å². The van der Waals surface area contributed by atoms with E-state index < -0.39 is 0 Å². The number of benzene rings is 1. The van der Waals surface area contributed by atoms with Crippen LogP contribution in [0.15, 0.2) is 0 Å². The molecule has 3 heteroatoms. The second kappa shape index (κ2) is 6.40. The molecule has 2 aliphatic heterocycles. The fourth-order valence-corrected chi connectivity index (χ4v) is 5.42. The predicted octanol–water partition coefficient (Wildman–Crippen LogP) is 4.45. The average Bonchev–Trinajstić information content (AvgIpc) is 2.90. The van der Waals surface area contributed by atoms with Crippen LogP contribution in [0.1, 0.15) is 52.6 Å². The van der Waals surface area contributed by atoms with Crippen LogP contribution in [0, 0.1) is 24.7 Å². The Labute approximate surface area is 150 Å². The lowest BCUT2D eigenvalue weighted by Gasteiger charge is -2.37. The summed E-state index contributed by atoms with van der Waals surface area (Å²) in [7, 11) is 0. The molecule has 0 aliphatic carbocycles. The summed E-state index contributed by atoms with van der Waals surface area (Å²) >= 11 is 7.22. The van der Waals surface area contributed by atoms with Crippen LogP contribution in [0.2, 0.25) is 0 Å². The van der Waals surface area contributed by atoms with Gasteiger partial charge in [0.05, 0.1) is 13.1 Å². The molecule has 3 rings (SSSR count). The van der Waals surface area contributed by atoms with Crippen molar-refractivity contribution in [3.8, 4) is 24.7 Å². The SMILES string of the molecule is C#Cc1c(CBr)c(CBr)c(C#C)c2c1C[N+]1(CCCCC1)C2. The van der Waals surface area contributed by atoms with E-state index in [4.69, 9.17) is 12.8 Å². The molecular weight excluding hydrogens is 402 g/mol. The van der Waals surface area contributed by atoms with E-state index in [0.717, 1.165) is 39.4 Å². The van der Waals surface area contributed by atoms with Gasteiger partial charge in [0.1, 0.15) is 13.1 Å². The number of piperidine rings is 1. The van der Waals surface area contributed by atoms with E-state index in [1.165, 1.54) is 54.6 Å². The van der Waals surface area contributed by atoms with Gasteiger partial charge in [0.2, 0.25) is 0 Å². The first-order valence-electron chi connectivity index (χ1n) is 7.79. The van der Waals surface area contributed by atoms with E-state index in [0.29, 0.717) is 0 Å². The van der Waals surface area contributed by atoms with Crippen molar-refractivity contribution >= 4 is 31.9 Å². The van der Waals surface area contributed by atoms with E-state index in [-0.39, 0.29) is 0 Å². The van der Waals surface area contributed by atoms with Crippen molar-refractivity contribution in [1.29, 1.82) is 0 Å². The monoisotopic (exact) mass is 420 g/mol. The Bertz CT molecular complexity index is 632. The summed E-state index contributed by atoms with van der Waals surface area (Å²) in [4.78, 5) is 0. The topological polar surface area (TPSA) is 0 Å². The highest BCUT2D eigenvalue weighted by Gasteiger charge is 2.40. The molecule has 2 heterocycles. The molecule has 0 amide bonds. The van der Waals surface area contributed by atoms with Crippen molar-refractivity contribution in [2.24, 2.45) is 0 Å². The third-order valence-electron chi connectivity index (χ3n) is 5.24. The Morgan fingerprint density at radius 3 is 1.64 bits per heavy atom. The first kappa shape index (κ1) is 16.1. The zero-order valence-electron chi connectivity index (χ0n) is 12.7. The highest BCUT2D eigenvalue weighted by Crippen LogP contribution is 2.41. The Hall–Kier alpha value is -0.740. The number of halogens is 2. The Kier molecular flexibility index (Phi) is 4.69. The maximum absolute atomic E-state index is 5.89. The van der Waals surface area contributed by atoms with Crippen LogP contribution in [-0.2, 0) is 23.7 Å². The zero-order valence-corrected chi connectivity index (χ0v) is 15.9. The van der Waals surface area contributed by atoms with Gasteiger partial charge in [-0.05, 0) is 30.4 Å². The summed E-state index contributed by atoms with van der Waals surface area (Å²) in [6.45, 7) is 4.64. The minimum absolute atomic E-state index is 0.759. The minimum Gasteiger partial charge on any atom is -0.316 e. The van der Waals surface area contributed by atoms with Crippen molar-refractivity contribution in [2.75, 3.05) is 13.1 Å². The number of nitrogens with zero attached hydrogens (tertiary/aromatic N) is 1. The molecule has 0 radical (unpaired) electrons. The molecule has 22 heavy (non-hydrogen) atoms. The van der Waals surface area contributed by atoms with Gasteiger partial charge in [-0.25, -0.2) is 0 Å². The molecule has 0 bridgehead atoms. The summed E-state index contributed by atoms with van der Waals surface area (Å²) in [5.41, 5.74) is 7.25. The van der Waals surface area contributed by atoms with Crippen LogP contribution in [0.5, 0.6) is 0 Å². The summed E-state index contributed by atoms with van der Waals surface area (Å²) in [6.07, 6.45) is 15.8. The van der Waals surface area contributed by atoms with E-state index in [1.807, 2.05) is 0 Å². The molecule has 0 N–H and O–H groups in total. The van der Waals surface area contributed by atoms with E-state index in [2.05, 4.69) is 43.7 Å². The van der Waals surface area contributed by atoms with Crippen molar-refractivity contribution in [2.45, 2.75) is 43.0 Å². The van der Waals surface area contributed by atoms with Gasteiger partial charge < -0.3 is 4.48 Å². The van der Waals surface area contributed by atoms with Gasteiger partial charge in [0.15, 0.2) is 0 Å². The summed E-state index contributed by atoms with van der Waals surface area (Å²) < 4.78 is 1.16. The summed E-state index contributed by atoms with van der Waals surface area (Å²) in [5, 5.41) is 1.52. The highest BCUT2D eigenvalue weighted by molar-refractivity contribution is 9.09. The van der Waals surface area contributed by atoms with Crippen molar-refractivity contribution in [3.63, 3.8) is 0 Å². The first-order chi connectivity index (χ1) is 10.7. The van der Waals surface area contributed by atoms with Gasteiger partial charge in [-0.1, -0.05) is 43.7 Å². The maximum atomic E-state index is 5.89. The number of alkyl halides is 2. The number of fused-ring (bicyclic) bond motifs is 1. The summed E-state index contributed by atoms with van der Waals surface area (Å²) in [6, 6.07) is 0. The van der Waals surface area contributed by atoms with Crippen molar-refractivity contribution < 1.29 is 4.48 Å². The lowest BCUT2D eigenvalue weighted by molar-refractivity contribution is -0.951. The van der Waals surface area contributed by atoms with Gasteiger partial charge in [-0.2, -0.15) is 0 Å². The van der Waals surface area contributed by atoms with Crippen LogP contribution >= 0.6 is 31.9 Å². The smallest absolute Gasteiger partial charge is 0.106 e. The van der Waals surface area contributed by atoms with E-state index >= 15 is 0 Å². The fourth-order valence-electron chi connectivity index (χ4n) is 4.19. The second-order valence-electron chi connectivity index (χ2n) is 6.39. The maximum Gasteiger partial charge on any atom is 0.106 e. The second-order valence-corrected chi connectivity index (χ2v) is 7.51. The number of terminal acetylenes is 2. The molecule has 0 aromatic heterocycles. The van der Waals surface area contributed by atoms with Crippen LogP contribution in [0.3, 0.4) is 0 Å². The standard InChI is InChI=1S/C19H20Br2N/c1-3-14-16(10-20)17(11-21)15(4-2)19-13-22(12-18(14)19)8-6-5-7-9-22/h1-2H,5-13H2/q+1. The van der Waals surface area contributed by atoms with Crippen LogP contribution in [-0.4, -0.2) is 17.6 Å². The molecule has 1 saturated heterocycles. The van der Waals surface area contributed by atoms with Crippen LogP contribution in [0.25, 0.3) is 0 Å². The van der Waals surface area contributed by atoms with Crippen LogP contribution < -0.4 is 0 Å². The molecule has 1 aromatic carbocycles. The molecule has 0 atom stereocenters. The number of hydrogen-bond donors (Lipinski definition) is 0. The summed E-state index contributed by atoms with van der Waals surface area (Å²) in [5.74, 6) is 5.93. The first-order valence-corrected chi connectivity index (χ1v) is 10.0. The quantitative estimate of drug-likeness (QED) is 0.376. The fraction of sp³-hybridized carbons (Fsp3) is 0.474. The number of quaternary nitrogens is 1. The molecule has 2 aliphatic rings. The van der Waals surface area contributed by atoms with Crippen molar-refractivity contribution in [1.82, 2.24) is 0 Å². The molecule has 1 nitrogen and oxygen atoms in total. The molecule has 1 fully saturated rings. The lowest BCUT2D eigenvalue weighted by Crippen LogP contribution is -2.46. The Balaban J connectivity index is 2.21.